The highest BCUT2D eigenvalue weighted by atomic mass is 32.2. The Labute approximate surface area is 111 Å². The minimum atomic E-state index is -0.165. The number of nitriles is 1. The summed E-state index contributed by atoms with van der Waals surface area (Å²) in [4.78, 5) is 11.6. The van der Waals surface area contributed by atoms with E-state index in [4.69, 9.17) is 15.4 Å². The van der Waals surface area contributed by atoms with Crippen LogP contribution in [-0.4, -0.2) is 24.0 Å². The predicted molar refractivity (Wildman–Crippen MR) is 72.5 cm³/mol. The fourth-order valence-corrected chi connectivity index (χ4v) is 2.14. The number of amides is 1. The summed E-state index contributed by atoms with van der Waals surface area (Å²) in [6.07, 6.45) is 0.889. The van der Waals surface area contributed by atoms with Gasteiger partial charge in [-0.05, 0) is 32.6 Å². The SMILES string of the molecule is Cc1oc(NC(=O)CSCCCN)c(C#N)c1C. The quantitative estimate of drug-likeness (QED) is 0.767. The van der Waals surface area contributed by atoms with Crippen molar-refractivity contribution >= 4 is 23.6 Å². The Balaban J connectivity index is 2.55. The number of rotatable bonds is 6. The van der Waals surface area contributed by atoms with Crippen LogP contribution in [-0.2, 0) is 4.79 Å². The topological polar surface area (TPSA) is 92.1 Å². The van der Waals surface area contributed by atoms with E-state index in [1.54, 1.807) is 13.8 Å². The van der Waals surface area contributed by atoms with Crippen molar-refractivity contribution in [1.29, 1.82) is 5.26 Å². The maximum atomic E-state index is 11.6. The second-order valence-electron chi connectivity index (χ2n) is 3.84. The maximum Gasteiger partial charge on any atom is 0.236 e. The van der Waals surface area contributed by atoms with Crippen molar-refractivity contribution in [3.05, 3.63) is 16.9 Å². The number of nitrogens with two attached hydrogens (primary N) is 1. The number of nitrogens with zero attached hydrogens (tertiary/aromatic N) is 1. The standard InChI is InChI=1S/C12H17N3O2S/c1-8-9(2)17-12(10(8)6-14)15-11(16)7-18-5-3-4-13/h3-5,7,13H2,1-2H3,(H,15,16). The van der Waals surface area contributed by atoms with Crippen LogP contribution in [0.5, 0.6) is 0 Å². The van der Waals surface area contributed by atoms with Gasteiger partial charge in [-0.25, -0.2) is 0 Å². The van der Waals surface area contributed by atoms with Gasteiger partial charge in [0.05, 0.1) is 5.75 Å². The van der Waals surface area contributed by atoms with E-state index in [-0.39, 0.29) is 11.8 Å². The summed E-state index contributed by atoms with van der Waals surface area (Å²) in [5, 5.41) is 11.6. The average Bonchev–Trinajstić information content (AvgIpc) is 2.60. The molecule has 1 heterocycles. The second-order valence-corrected chi connectivity index (χ2v) is 4.95. The molecule has 0 atom stereocenters. The van der Waals surface area contributed by atoms with Gasteiger partial charge in [-0.3, -0.25) is 10.1 Å². The second kappa shape index (κ2) is 7.09. The van der Waals surface area contributed by atoms with Crippen LogP contribution in [0.25, 0.3) is 0 Å². The van der Waals surface area contributed by atoms with Crippen molar-refractivity contribution < 1.29 is 9.21 Å². The van der Waals surface area contributed by atoms with Crippen LogP contribution >= 0.6 is 11.8 Å². The highest BCUT2D eigenvalue weighted by Gasteiger charge is 2.16. The molecule has 0 aliphatic carbocycles. The van der Waals surface area contributed by atoms with E-state index in [1.807, 2.05) is 6.07 Å². The highest BCUT2D eigenvalue weighted by Crippen LogP contribution is 2.25. The molecule has 0 bridgehead atoms. The number of nitrogens with one attached hydrogen (secondary N) is 1. The van der Waals surface area contributed by atoms with Gasteiger partial charge in [-0.15, -0.1) is 0 Å². The van der Waals surface area contributed by atoms with E-state index in [0.29, 0.717) is 23.6 Å². The Hall–Kier alpha value is -1.45. The van der Waals surface area contributed by atoms with Crippen LogP contribution < -0.4 is 11.1 Å². The zero-order valence-corrected chi connectivity index (χ0v) is 11.4. The summed E-state index contributed by atoms with van der Waals surface area (Å²) in [7, 11) is 0. The largest absolute Gasteiger partial charge is 0.444 e. The third-order valence-electron chi connectivity index (χ3n) is 2.48. The van der Waals surface area contributed by atoms with Crippen LogP contribution in [0.2, 0.25) is 0 Å². The maximum absolute atomic E-state index is 11.6. The lowest BCUT2D eigenvalue weighted by molar-refractivity contribution is -0.113. The van der Waals surface area contributed by atoms with Gasteiger partial charge >= 0.3 is 0 Å². The van der Waals surface area contributed by atoms with Crippen molar-refractivity contribution in [2.45, 2.75) is 20.3 Å². The molecule has 0 radical (unpaired) electrons. The molecule has 0 saturated carbocycles. The van der Waals surface area contributed by atoms with Gasteiger partial charge in [-0.1, -0.05) is 0 Å². The number of aryl methyl sites for hydroxylation is 1. The summed E-state index contributed by atoms with van der Waals surface area (Å²) in [5.74, 6) is 1.92. The van der Waals surface area contributed by atoms with Gasteiger partial charge in [0.2, 0.25) is 11.8 Å². The fourth-order valence-electron chi connectivity index (χ4n) is 1.36. The molecular formula is C12H17N3O2S. The van der Waals surface area contributed by atoms with Crippen molar-refractivity contribution in [2.24, 2.45) is 5.73 Å². The van der Waals surface area contributed by atoms with E-state index in [1.165, 1.54) is 11.8 Å². The van der Waals surface area contributed by atoms with Crippen LogP contribution in [0.1, 0.15) is 23.3 Å². The predicted octanol–water partition coefficient (Wildman–Crippen LogP) is 1.79. The minimum Gasteiger partial charge on any atom is -0.444 e. The number of carbonyl (C=O) groups excluding carboxylic acids is 1. The Morgan fingerprint density at radius 2 is 2.28 bits per heavy atom. The molecule has 98 valence electrons. The summed E-state index contributed by atoms with van der Waals surface area (Å²) >= 11 is 1.51. The molecular weight excluding hydrogens is 250 g/mol. The molecule has 1 aromatic heterocycles. The number of thioether (sulfide) groups is 1. The molecule has 18 heavy (non-hydrogen) atoms. The zero-order valence-electron chi connectivity index (χ0n) is 10.6. The fraction of sp³-hybridized carbons (Fsp3) is 0.500. The van der Waals surface area contributed by atoms with E-state index in [9.17, 15) is 4.79 Å². The number of anilines is 1. The highest BCUT2D eigenvalue weighted by molar-refractivity contribution is 7.99. The number of furan rings is 1. The Bertz CT molecular complexity index is 463. The first-order valence-corrected chi connectivity index (χ1v) is 6.83. The first kappa shape index (κ1) is 14.6. The molecule has 1 amide bonds. The van der Waals surface area contributed by atoms with Gasteiger partial charge in [0.25, 0.3) is 0 Å². The number of carbonyl (C=O) groups is 1. The lowest BCUT2D eigenvalue weighted by Crippen LogP contribution is -2.15. The van der Waals surface area contributed by atoms with E-state index < -0.39 is 0 Å². The molecule has 5 nitrogen and oxygen atoms in total. The molecule has 3 N–H and O–H groups in total. The van der Waals surface area contributed by atoms with E-state index >= 15 is 0 Å². The molecule has 1 rings (SSSR count). The van der Waals surface area contributed by atoms with Gasteiger partial charge in [0.15, 0.2) is 0 Å². The third-order valence-corrected chi connectivity index (χ3v) is 3.52. The Morgan fingerprint density at radius 3 is 2.89 bits per heavy atom. The lowest BCUT2D eigenvalue weighted by atomic mass is 10.2. The summed E-state index contributed by atoms with van der Waals surface area (Å²) < 4.78 is 5.35. The summed E-state index contributed by atoms with van der Waals surface area (Å²) in [5.41, 5.74) is 6.52. The smallest absolute Gasteiger partial charge is 0.236 e. The van der Waals surface area contributed by atoms with E-state index in [2.05, 4.69) is 5.32 Å². The summed E-state index contributed by atoms with van der Waals surface area (Å²) in [6, 6.07) is 2.03. The number of hydrogen-bond acceptors (Lipinski definition) is 5. The van der Waals surface area contributed by atoms with Crippen LogP contribution in [0.4, 0.5) is 5.88 Å². The van der Waals surface area contributed by atoms with Crippen LogP contribution in [0, 0.1) is 25.2 Å². The van der Waals surface area contributed by atoms with Crippen molar-refractivity contribution in [3.8, 4) is 6.07 Å². The first-order valence-electron chi connectivity index (χ1n) is 5.68. The molecule has 0 aromatic carbocycles. The summed E-state index contributed by atoms with van der Waals surface area (Å²) in [6.45, 7) is 4.19. The minimum absolute atomic E-state index is 0.165. The van der Waals surface area contributed by atoms with E-state index in [0.717, 1.165) is 17.7 Å². The van der Waals surface area contributed by atoms with Gasteiger partial charge in [0.1, 0.15) is 17.4 Å². The molecule has 6 heteroatoms. The third kappa shape index (κ3) is 3.79. The van der Waals surface area contributed by atoms with Crippen LogP contribution in [0.15, 0.2) is 4.42 Å². The van der Waals surface area contributed by atoms with Gasteiger partial charge < -0.3 is 10.2 Å². The lowest BCUT2D eigenvalue weighted by Gasteiger charge is -2.02. The van der Waals surface area contributed by atoms with Crippen molar-refractivity contribution in [3.63, 3.8) is 0 Å². The molecule has 0 aliphatic heterocycles. The molecule has 0 saturated heterocycles. The monoisotopic (exact) mass is 267 g/mol. The van der Waals surface area contributed by atoms with Gasteiger partial charge in [-0.2, -0.15) is 17.0 Å². The first-order chi connectivity index (χ1) is 8.60. The van der Waals surface area contributed by atoms with Crippen molar-refractivity contribution in [2.75, 3.05) is 23.4 Å². The zero-order chi connectivity index (χ0) is 13.5. The Kier molecular flexibility index (Phi) is 5.75. The normalized spacial score (nSPS) is 10.1. The van der Waals surface area contributed by atoms with Crippen LogP contribution in [0.3, 0.4) is 0 Å². The van der Waals surface area contributed by atoms with Crippen molar-refractivity contribution in [1.82, 2.24) is 0 Å². The average molecular weight is 267 g/mol. The molecule has 0 unspecified atom stereocenters. The number of hydrogen-bond donors (Lipinski definition) is 2. The molecule has 0 aliphatic rings. The Morgan fingerprint density at radius 1 is 1.56 bits per heavy atom. The molecule has 1 aromatic rings. The molecule has 0 spiro atoms. The van der Waals surface area contributed by atoms with Gasteiger partial charge in [0, 0.05) is 5.56 Å². The molecule has 0 fully saturated rings.